The molecule has 1 heterocycles. The largest absolute Gasteiger partial charge is 0.507 e. The van der Waals surface area contributed by atoms with Gasteiger partial charge in [0.1, 0.15) is 5.76 Å². The molecular weight excluding hydrogens is 557 g/mol. The molecule has 0 aromatic heterocycles. The van der Waals surface area contributed by atoms with Gasteiger partial charge in [0.15, 0.2) is 11.5 Å². The molecule has 0 bridgehead atoms. The molecule has 1 N–H and O–H groups in total. The molecule has 1 saturated heterocycles. The number of amides is 1. The van der Waals surface area contributed by atoms with E-state index in [-0.39, 0.29) is 21.9 Å². The number of carbonyl (C=O) groups is 2. The van der Waals surface area contributed by atoms with Gasteiger partial charge in [0.2, 0.25) is 0 Å². The summed E-state index contributed by atoms with van der Waals surface area (Å²) in [5, 5.41) is 11.4. The van der Waals surface area contributed by atoms with Gasteiger partial charge >= 0.3 is 0 Å². The normalized spacial score (nSPS) is 17.3. The van der Waals surface area contributed by atoms with Crippen LogP contribution in [0.3, 0.4) is 0 Å². The Kier molecular flexibility index (Phi) is 6.62. The number of rotatable bonds is 5. The van der Waals surface area contributed by atoms with Crippen molar-refractivity contribution < 1.29 is 24.2 Å². The van der Waals surface area contributed by atoms with E-state index < -0.39 is 17.7 Å². The fourth-order valence-electron chi connectivity index (χ4n) is 3.83. The molecule has 3 aromatic rings. The Morgan fingerprint density at radius 1 is 0.970 bits per heavy atom. The Morgan fingerprint density at radius 2 is 1.64 bits per heavy atom. The summed E-state index contributed by atoms with van der Waals surface area (Å²) in [7, 11) is 3.00. The maximum absolute atomic E-state index is 13.3. The minimum Gasteiger partial charge on any atom is -0.507 e. The van der Waals surface area contributed by atoms with Crippen molar-refractivity contribution in [1.82, 2.24) is 0 Å². The lowest BCUT2D eigenvalue weighted by atomic mass is 9.95. The molecule has 8 heteroatoms. The topological polar surface area (TPSA) is 76.1 Å². The van der Waals surface area contributed by atoms with E-state index in [1.807, 2.05) is 24.3 Å². The van der Waals surface area contributed by atoms with Crippen molar-refractivity contribution in [3.05, 3.63) is 92.0 Å². The molecule has 168 valence electrons. The highest BCUT2D eigenvalue weighted by Gasteiger charge is 2.47. The summed E-state index contributed by atoms with van der Waals surface area (Å²) in [6.07, 6.45) is 0. The molecule has 0 spiro atoms. The number of Topliss-reactive ketones (excluding diaryl/α,β-unsaturated/α-hetero) is 1. The lowest BCUT2D eigenvalue weighted by Gasteiger charge is -2.26. The van der Waals surface area contributed by atoms with E-state index in [1.54, 1.807) is 42.5 Å². The summed E-state index contributed by atoms with van der Waals surface area (Å²) in [5.41, 5.74) is 1.33. The monoisotopic (exact) mass is 575 g/mol. The molecule has 4 rings (SSSR count). The molecule has 3 aromatic carbocycles. The number of ketones is 1. The van der Waals surface area contributed by atoms with Gasteiger partial charge in [-0.15, -0.1) is 0 Å². The van der Waals surface area contributed by atoms with Crippen molar-refractivity contribution in [2.75, 3.05) is 19.1 Å². The highest BCUT2D eigenvalue weighted by Crippen LogP contribution is 2.44. The van der Waals surface area contributed by atoms with E-state index >= 15 is 0 Å². The molecule has 1 fully saturated rings. The second-order valence-electron chi connectivity index (χ2n) is 7.24. The molecule has 1 atom stereocenters. The van der Waals surface area contributed by atoms with Crippen molar-refractivity contribution in [2.45, 2.75) is 6.04 Å². The zero-order chi connectivity index (χ0) is 23.7. The standard InChI is InChI=1S/C25H19ClINO5/c1-32-19-12-11-16(13-20(19)33-2)28-22(14-7-9-15(27)10-8-14)21(24(30)25(28)31)23(29)17-5-3-4-6-18(17)26/h3-13,22,29H,1-2H3. The van der Waals surface area contributed by atoms with Gasteiger partial charge in [-0.25, -0.2) is 0 Å². The Morgan fingerprint density at radius 3 is 2.27 bits per heavy atom. The number of benzene rings is 3. The van der Waals surface area contributed by atoms with Crippen LogP contribution < -0.4 is 14.4 Å². The quantitative estimate of drug-likeness (QED) is 0.186. The minimum absolute atomic E-state index is 0.0379. The van der Waals surface area contributed by atoms with Gasteiger partial charge < -0.3 is 14.6 Å². The van der Waals surface area contributed by atoms with Crippen LogP contribution in [-0.2, 0) is 9.59 Å². The van der Waals surface area contributed by atoms with Crippen LogP contribution in [0.1, 0.15) is 17.2 Å². The molecule has 0 radical (unpaired) electrons. The summed E-state index contributed by atoms with van der Waals surface area (Å²) in [5.74, 6) is -1.00. The van der Waals surface area contributed by atoms with Gasteiger partial charge in [0.05, 0.1) is 30.9 Å². The van der Waals surface area contributed by atoms with Gasteiger partial charge in [-0.1, -0.05) is 35.9 Å². The molecule has 1 aliphatic heterocycles. The third-order valence-corrected chi connectivity index (χ3v) is 6.45. The first kappa shape index (κ1) is 23.1. The smallest absolute Gasteiger partial charge is 0.300 e. The maximum atomic E-state index is 13.3. The van der Waals surface area contributed by atoms with E-state index in [4.69, 9.17) is 21.1 Å². The Labute approximate surface area is 209 Å². The average Bonchev–Trinajstić information content (AvgIpc) is 3.09. The number of halogens is 2. The van der Waals surface area contributed by atoms with E-state index in [0.29, 0.717) is 22.7 Å². The number of methoxy groups -OCH3 is 2. The predicted octanol–water partition coefficient (Wildman–Crippen LogP) is 5.59. The number of carbonyl (C=O) groups excluding carboxylic acids is 2. The number of ether oxygens (including phenoxy) is 2. The Hall–Kier alpha value is -3.04. The number of aliphatic hydroxyl groups is 1. The maximum Gasteiger partial charge on any atom is 0.300 e. The molecule has 0 saturated carbocycles. The van der Waals surface area contributed by atoms with E-state index in [9.17, 15) is 14.7 Å². The molecule has 1 amide bonds. The van der Waals surface area contributed by atoms with E-state index in [1.165, 1.54) is 19.1 Å². The zero-order valence-corrected chi connectivity index (χ0v) is 20.6. The third kappa shape index (κ3) is 4.18. The fourth-order valence-corrected chi connectivity index (χ4v) is 4.42. The molecule has 33 heavy (non-hydrogen) atoms. The van der Waals surface area contributed by atoms with Gasteiger partial charge in [-0.05, 0) is 64.6 Å². The summed E-state index contributed by atoms with van der Waals surface area (Å²) in [4.78, 5) is 27.9. The summed E-state index contributed by atoms with van der Waals surface area (Å²) in [6.45, 7) is 0. The number of hydrogen-bond acceptors (Lipinski definition) is 5. The lowest BCUT2D eigenvalue weighted by Crippen LogP contribution is -2.29. The van der Waals surface area contributed by atoms with Gasteiger partial charge in [-0.2, -0.15) is 0 Å². The Bertz CT molecular complexity index is 1270. The average molecular weight is 576 g/mol. The van der Waals surface area contributed by atoms with Crippen LogP contribution in [0, 0.1) is 3.57 Å². The third-order valence-electron chi connectivity index (χ3n) is 5.40. The molecular formula is C25H19ClINO5. The first-order chi connectivity index (χ1) is 15.9. The van der Waals surface area contributed by atoms with E-state index in [2.05, 4.69) is 22.6 Å². The molecule has 6 nitrogen and oxygen atoms in total. The second-order valence-corrected chi connectivity index (χ2v) is 8.89. The van der Waals surface area contributed by atoms with Crippen molar-refractivity contribution in [2.24, 2.45) is 0 Å². The van der Waals surface area contributed by atoms with Crippen LogP contribution >= 0.6 is 34.2 Å². The fraction of sp³-hybridized carbons (Fsp3) is 0.120. The second kappa shape index (κ2) is 9.44. The zero-order valence-electron chi connectivity index (χ0n) is 17.7. The first-order valence-corrected chi connectivity index (χ1v) is 11.4. The van der Waals surface area contributed by atoms with Crippen LogP contribution in [0.5, 0.6) is 11.5 Å². The summed E-state index contributed by atoms with van der Waals surface area (Å²) < 4.78 is 11.7. The summed E-state index contributed by atoms with van der Waals surface area (Å²) >= 11 is 8.46. The van der Waals surface area contributed by atoms with Crippen molar-refractivity contribution in [1.29, 1.82) is 0 Å². The molecule has 0 aliphatic carbocycles. The van der Waals surface area contributed by atoms with Crippen molar-refractivity contribution in [3.63, 3.8) is 0 Å². The highest BCUT2D eigenvalue weighted by atomic mass is 127. The summed E-state index contributed by atoms with van der Waals surface area (Å²) in [6, 6.07) is 18.1. The lowest BCUT2D eigenvalue weighted by molar-refractivity contribution is -0.132. The van der Waals surface area contributed by atoms with Gasteiger partial charge in [0.25, 0.3) is 11.7 Å². The number of anilines is 1. The predicted molar refractivity (Wildman–Crippen MR) is 135 cm³/mol. The minimum atomic E-state index is -0.864. The first-order valence-electron chi connectivity index (χ1n) is 9.90. The van der Waals surface area contributed by atoms with Crippen molar-refractivity contribution in [3.8, 4) is 11.5 Å². The number of nitrogens with zero attached hydrogens (tertiary/aromatic N) is 1. The van der Waals surface area contributed by atoms with Crippen LogP contribution in [0.15, 0.2) is 72.3 Å². The number of aliphatic hydroxyl groups excluding tert-OH is 1. The highest BCUT2D eigenvalue weighted by molar-refractivity contribution is 14.1. The van der Waals surface area contributed by atoms with Crippen molar-refractivity contribution >= 4 is 57.3 Å². The van der Waals surface area contributed by atoms with Crippen LogP contribution in [0.2, 0.25) is 5.02 Å². The van der Waals surface area contributed by atoms with Gasteiger partial charge in [-0.3, -0.25) is 14.5 Å². The van der Waals surface area contributed by atoms with Crippen LogP contribution in [-0.4, -0.2) is 31.0 Å². The molecule has 1 unspecified atom stereocenters. The molecule has 1 aliphatic rings. The van der Waals surface area contributed by atoms with Gasteiger partial charge in [0, 0.05) is 20.9 Å². The SMILES string of the molecule is COc1ccc(N2C(=O)C(=O)C(=C(O)c3ccccc3Cl)C2c2ccc(I)cc2)cc1OC. The van der Waals surface area contributed by atoms with Crippen LogP contribution in [0.4, 0.5) is 5.69 Å². The Balaban J connectivity index is 1.96. The number of hydrogen-bond donors (Lipinski definition) is 1. The van der Waals surface area contributed by atoms with E-state index in [0.717, 1.165) is 3.57 Å². The van der Waals surface area contributed by atoms with Crippen LogP contribution in [0.25, 0.3) is 5.76 Å².